The van der Waals surface area contributed by atoms with Gasteiger partial charge in [0.25, 0.3) is 0 Å². The zero-order valence-corrected chi connectivity index (χ0v) is 10.7. The summed E-state index contributed by atoms with van der Waals surface area (Å²) in [6.07, 6.45) is 0. The third-order valence-electron chi connectivity index (χ3n) is 2.08. The number of nitrogens with two attached hydrogens (primary N) is 1. The van der Waals surface area contributed by atoms with E-state index in [1.54, 1.807) is 24.3 Å². The van der Waals surface area contributed by atoms with Gasteiger partial charge in [0.15, 0.2) is 9.84 Å². The van der Waals surface area contributed by atoms with Crippen LogP contribution in [0, 0.1) is 0 Å². The van der Waals surface area contributed by atoms with Crippen molar-refractivity contribution >= 4 is 22.2 Å². The van der Waals surface area contributed by atoms with Crippen molar-refractivity contribution in [3.63, 3.8) is 0 Å². The van der Waals surface area contributed by atoms with Crippen LogP contribution in [0.15, 0.2) is 29.2 Å². The molecule has 0 saturated carbocycles. The fourth-order valence-corrected chi connectivity index (χ4v) is 2.72. The average Bonchev–Trinajstić information content (AvgIpc) is 2.26. The fourth-order valence-electron chi connectivity index (χ4n) is 1.28. The van der Waals surface area contributed by atoms with E-state index in [1.165, 1.54) is 7.11 Å². The third kappa shape index (κ3) is 3.75. The van der Waals surface area contributed by atoms with E-state index in [2.05, 4.69) is 0 Å². The summed E-state index contributed by atoms with van der Waals surface area (Å²) in [5.74, 6) is -0.0134. The Morgan fingerprint density at radius 1 is 1.31 bits per heavy atom. The van der Waals surface area contributed by atoms with Gasteiger partial charge < -0.3 is 10.5 Å². The van der Waals surface area contributed by atoms with Crippen LogP contribution >= 0.6 is 12.4 Å². The summed E-state index contributed by atoms with van der Waals surface area (Å²) in [5, 5.41) is 0. The Morgan fingerprint density at radius 3 is 2.50 bits per heavy atom. The second-order valence-corrected chi connectivity index (χ2v) is 5.20. The fraction of sp³-hybridized carbons (Fsp3) is 0.400. The standard InChI is InChI=1S/C10H15NO3S.ClH/c1-14-6-7-15(12,13)10-5-3-2-4-9(10)8-11;/h2-5H,6-8,11H2,1H3;1H. The van der Waals surface area contributed by atoms with E-state index < -0.39 is 9.84 Å². The quantitative estimate of drug-likeness (QED) is 0.862. The molecule has 0 bridgehead atoms. The normalized spacial score (nSPS) is 10.9. The molecule has 0 atom stereocenters. The van der Waals surface area contributed by atoms with E-state index in [0.29, 0.717) is 10.5 Å². The Bertz CT molecular complexity index is 420. The number of ether oxygens (including phenoxy) is 1. The van der Waals surface area contributed by atoms with Gasteiger partial charge in [0.2, 0.25) is 0 Å². The molecule has 0 aliphatic carbocycles. The minimum atomic E-state index is -3.27. The first kappa shape index (κ1) is 15.4. The van der Waals surface area contributed by atoms with Crippen molar-refractivity contribution in [2.45, 2.75) is 11.4 Å². The van der Waals surface area contributed by atoms with Gasteiger partial charge in [-0.2, -0.15) is 0 Å². The molecule has 2 N–H and O–H groups in total. The summed E-state index contributed by atoms with van der Waals surface area (Å²) < 4.78 is 28.4. The third-order valence-corrected chi connectivity index (χ3v) is 3.86. The number of methoxy groups -OCH3 is 1. The lowest BCUT2D eigenvalue weighted by atomic mass is 10.2. The van der Waals surface area contributed by atoms with Crippen LogP contribution in [-0.2, 0) is 21.1 Å². The minimum Gasteiger partial charge on any atom is -0.384 e. The van der Waals surface area contributed by atoms with E-state index in [-0.39, 0.29) is 31.3 Å². The molecule has 0 aromatic heterocycles. The van der Waals surface area contributed by atoms with Gasteiger partial charge >= 0.3 is 0 Å². The van der Waals surface area contributed by atoms with Crippen LogP contribution in [0.2, 0.25) is 0 Å². The van der Waals surface area contributed by atoms with Gasteiger partial charge in [-0.05, 0) is 11.6 Å². The summed E-state index contributed by atoms with van der Waals surface area (Å²) in [5.41, 5.74) is 6.13. The highest BCUT2D eigenvalue weighted by molar-refractivity contribution is 7.91. The predicted molar refractivity (Wildman–Crippen MR) is 65.5 cm³/mol. The summed E-state index contributed by atoms with van der Waals surface area (Å²) in [6, 6.07) is 6.77. The molecule has 16 heavy (non-hydrogen) atoms. The van der Waals surface area contributed by atoms with Crippen molar-refractivity contribution in [1.82, 2.24) is 0 Å². The average molecular weight is 266 g/mol. The molecule has 6 heteroatoms. The van der Waals surface area contributed by atoms with E-state index in [1.807, 2.05) is 0 Å². The van der Waals surface area contributed by atoms with Crippen molar-refractivity contribution in [2.24, 2.45) is 5.73 Å². The van der Waals surface area contributed by atoms with Gasteiger partial charge in [0.05, 0.1) is 17.3 Å². The van der Waals surface area contributed by atoms with Gasteiger partial charge in [0, 0.05) is 13.7 Å². The second kappa shape index (κ2) is 6.85. The molecule has 0 unspecified atom stereocenters. The highest BCUT2D eigenvalue weighted by atomic mass is 35.5. The molecule has 1 aromatic rings. The summed E-state index contributed by atoms with van der Waals surface area (Å²) in [4.78, 5) is 0.310. The maximum absolute atomic E-state index is 11.8. The molecule has 0 aliphatic rings. The number of rotatable bonds is 5. The second-order valence-electron chi connectivity index (χ2n) is 3.12. The molecular formula is C10H16ClNO3S. The smallest absolute Gasteiger partial charge is 0.180 e. The van der Waals surface area contributed by atoms with Gasteiger partial charge in [0.1, 0.15) is 0 Å². The SMILES string of the molecule is COCCS(=O)(=O)c1ccccc1CN.Cl. The van der Waals surface area contributed by atoms with E-state index in [4.69, 9.17) is 10.5 Å². The van der Waals surface area contributed by atoms with Crippen molar-refractivity contribution in [3.05, 3.63) is 29.8 Å². The number of hydrogen-bond donors (Lipinski definition) is 1. The zero-order chi connectivity index (χ0) is 11.3. The molecule has 0 aliphatic heterocycles. The van der Waals surface area contributed by atoms with Crippen LogP contribution in [0.3, 0.4) is 0 Å². The van der Waals surface area contributed by atoms with E-state index in [0.717, 1.165) is 0 Å². The van der Waals surface area contributed by atoms with Crippen LogP contribution in [0.5, 0.6) is 0 Å². The van der Waals surface area contributed by atoms with Gasteiger partial charge in [-0.15, -0.1) is 12.4 Å². The number of hydrogen-bond acceptors (Lipinski definition) is 4. The topological polar surface area (TPSA) is 69.4 Å². The Hall–Kier alpha value is -0.620. The van der Waals surface area contributed by atoms with Crippen LogP contribution in [0.4, 0.5) is 0 Å². The molecule has 0 radical (unpaired) electrons. The Kier molecular flexibility index (Phi) is 6.59. The highest BCUT2D eigenvalue weighted by Gasteiger charge is 2.16. The summed E-state index contributed by atoms with van der Waals surface area (Å²) >= 11 is 0. The Morgan fingerprint density at radius 2 is 1.94 bits per heavy atom. The zero-order valence-electron chi connectivity index (χ0n) is 9.05. The maximum Gasteiger partial charge on any atom is 0.180 e. The molecule has 0 amide bonds. The first-order valence-electron chi connectivity index (χ1n) is 4.61. The molecule has 0 saturated heterocycles. The van der Waals surface area contributed by atoms with Crippen LogP contribution in [0.1, 0.15) is 5.56 Å². The molecule has 1 aromatic carbocycles. The lowest BCUT2D eigenvalue weighted by Gasteiger charge is -2.08. The molecule has 4 nitrogen and oxygen atoms in total. The highest BCUT2D eigenvalue weighted by Crippen LogP contribution is 2.16. The van der Waals surface area contributed by atoms with E-state index in [9.17, 15) is 8.42 Å². The van der Waals surface area contributed by atoms with Crippen molar-refractivity contribution in [1.29, 1.82) is 0 Å². The van der Waals surface area contributed by atoms with Gasteiger partial charge in [-0.25, -0.2) is 8.42 Å². The molecule has 0 spiro atoms. The molecule has 0 fully saturated rings. The Balaban J connectivity index is 0.00000225. The van der Waals surface area contributed by atoms with Crippen LogP contribution in [-0.4, -0.2) is 27.9 Å². The monoisotopic (exact) mass is 265 g/mol. The Labute approximate surface area is 102 Å². The number of halogens is 1. The van der Waals surface area contributed by atoms with Gasteiger partial charge in [-0.3, -0.25) is 0 Å². The lowest BCUT2D eigenvalue weighted by molar-refractivity contribution is 0.217. The summed E-state index contributed by atoms with van der Waals surface area (Å²) in [6.45, 7) is 0.420. The molecule has 1 rings (SSSR count). The number of sulfone groups is 1. The molecule has 0 heterocycles. The van der Waals surface area contributed by atoms with Crippen molar-refractivity contribution in [2.75, 3.05) is 19.5 Å². The molecule has 92 valence electrons. The van der Waals surface area contributed by atoms with Crippen LogP contribution < -0.4 is 5.73 Å². The predicted octanol–water partition coefficient (Wildman–Crippen LogP) is 0.987. The summed E-state index contributed by atoms with van der Waals surface area (Å²) in [7, 11) is -1.79. The molecular weight excluding hydrogens is 250 g/mol. The first-order valence-corrected chi connectivity index (χ1v) is 6.26. The van der Waals surface area contributed by atoms with Crippen molar-refractivity contribution in [3.8, 4) is 0 Å². The lowest BCUT2D eigenvalue weighted by Crippen LogP contribution is -2.14. The largest absolute Gasteiger partial charge is 0.384 e. The van der Waals surface area contributed by atoms with Gasteiger partial charge in [-0.1, -0.05) is 18.2 Å². The van der Waals surface area contributed by atoms with Crippen molar-refractivity contribution < 1.29 is 13.2 Å². The minimum absolute atomic E-state index is 0. The first-order chi connectivity index (χ1) is 7.11. The number of benzene rings is 1. The van der Waals surface area contributed by atoms with Crippen LogP contribution in [0.25, 0.3) is 0 Å². The maximum atomic E-state index is 11.8. The van der Waals surface area contributed by atoms with E-state index >= 15 is 0 Å².